The molecule has 0 fully saturated rings. The number of amides is 3. The molecule has 3 amide bonds. The van der Waals surface area contributed by atoms with Crippen LogP contribution in [0.4, 0.5) is 0 Å². The van der Waals surface area contributed by atoms with Gasteiger partial charge in [0.25, 0.3) is 5.91 Å². The van der Waals surface area contributed by atoms with Crippen LogP contribution in [0.3, 0.4) is 0 Å². The lowest BCUT2D eigenvalue weighted by Crippen LogP contribution is -2.44. The lowest BCUT2D eigenvalue weighted by Gasteiger charge is -2.18. The van der Waals surface area contributed by atoms with E-state index in [4.69, 9.17) is 11.6 Å². The normalized spacial score (nSPS) is 10.2. The molecule has 0 heterocycles. The van der Waals surface area contributed by atoms with E-state index in [1.54, 1.807) is 24.3 Å². The van der Waals surface area contributed by atoms with Crippen LogP contribution in [0.25, 0.3) is 0 Å². The Morgan fingerprint density at radius 3 is 2.45 bits per heavy atom. The average Bonchev–Trinajstić information content (AvgIpc) is 2.43. The van der Waals surface area contributed by atoms with E-state index in [1.165, 1.54) is 11.9 Å². The van der Waals surface area contributed by atoms with Crippen LogP contribution in [0.5, 0.6) is 0 Å². The van der Waals surface area contributed by atoms with E-state index in [1.807, 2.05) is 13.8 Å². The quantitative estimate of drug-likeness (QED) is 0.820. The molecule has 0 aliphatic carbocycles. The topological polar surface area (TPSA) is 78.5 Å². The number of hydrogen-bond donors (Lipinski definition) is 2. The first-order valence-electron chi connectivity index (χ1n) is 6.87. The fourth-order valence-corrected chi connectivity index (χ4v) is 1.92. The molecule has 0 atom stereocenters. The zero-order valence-corrected chi connectivity index (χ0v) is 13.6. The Bertz CT molecular complexity index is 561. The first-order chi connectivity index (χ1) is 10.3. The molecule has 0 saturated heterocycles. The van der Waals surface area contributed by atoms with Gasteiger partial charge in [0, 0.05) is 13.1 Å². The number of halogens is 1. The average molecular weight is 326 g/mol. The van der Waals surface area contributed by atoms with Crippen LogP contribution < -0.4 is 10.6 Å². The van der Waals surface area contributed by atoms with Crippen molar-refractivity contribution in [2.24, 2.45) is 0 Å². The molecule has 0 aliphatic heterocycles. The van der Waals surface area contributed by atoms with Crippen molar-refractivity contribution in [3.05, 3.63) is 34.9 Å². The van der Waals surface area contributed by atoms with Crippen molar-refractivity contribution in [3.63, 3.8) is 0 Å². The lowest BCUT2D eigenvalue weighted by molar-refractivity contribution is -0.134. The Labute approximate surface area is 134 Å². The van der Waals surface area contributed by atoms with Gasteiger partial charge in [-0.05, 0) is 26.0 Å². The second-order valence-electron chi connectivity index (χ2n) is 5.13. The van der Waals surface area contributed by atoms with E-state index in [9.17, 15) is 14.4 Å². The molecule has 0 saturated carbocycles. The van der Waals surface area contributed by atoms with Gasteiger partial charge < -0.3 is 15.5 Å². The van der Waals surface area contributed by atoms with Crippen LogP contribution in [0, 0.1) is 0 Å². The number of carbonyl (C=O) groups is 3. The highest BCUT2D eigenvalue weighted by Crippen LogP contribution is 2.14. The predicted molar refractivity (Wildman–Crippen MR) is 84.7 cm³/mol. The fourth-order valence-electron chi connectivity index (χ4n) is 1.70. The first-order valence-corrected chi connectivity index (χ1v) is 7.25. The molecular formula is C15H20ClN3O3. The Balaban J connectivity index is 2.47. The zero-order chi connectivity index (χ0) is 16.7. The molecule has 0 bridgehead atoms. The van der Waals surface area contributed by atoms with Crippen molar-refractivity contribution >= 4 is 29.3 Å². The van der Waals surface area contributed by atoms with E-state index in [0.717, 1.165) is 0 Å². The van der Waals surface area contributed by atoms with Gasteiger partial charge in [0.1, 0.15) is 0 Å². The molecule has 1 aromatic carbocycles. The van der Waals surface area contributed by atoms with Gasteiger partial charge in [-0.3, -0.25) is 14.4 Å². The van der Waals surface area contributed by atoms with E-state index < -0.39 is 5.91 Å². The first kappa shape index (κ1) is 18.0. The molecule has 0 radical (unpaired) electrons. The molecule has 1 aromatic rings. The molecule has 0 aliphatic rings. The molecule has 2 N–H and O–H groups in total. The minimum absolute atomic E-state index is 0.0101. The summed E-state index contributed by atoms with van der Waals surface area (Å²) in [6.07, 6.45) is 0. The summed E-state index contributed by atoms with van der Waals surface area (Å²) in [7, 11) is 1.50. The highest BCUT2D eigenvalue weighted by Gasteiger charge is 2.15. The van der Waals surface area contributed by atoms with E-state index in [0.29, 0.717) is 10.6 Å². The van der Waals surface area contributed by atoms with E-state index in [2.05, 4.69) is 10.6 Å². The third kappa shape index (κ3) is 5.73. The summed E-state index contributed by atoms with van der Waals surface area (Å²) in [5.74, 6) is -1.04. The third-order valence-corrected chi connectivity index (χ3v) is 3.10. The maximum atomic E-state index is 11.9. The van der Waals surface area contributed by atoms with Gasteiger partial charge in [-0.2, -0.15) is 0 Å². The largest absolute Gasteiger partial charge is 0.352 e. The van der Waals surface area contributed by atoms with Crippen LogP contribution in [0.2, 0.25) is 5.02 Å². The van der Waals surface area contributed by atoms with Gasteiger partial charge in [-0.1, -0.05) is 23.7 Å². The van der Waals surface area contributed by atoms with Gasteiger partial charge >= 0.3 is 0 Å². The van der Waals surface area contributed by atoms with Gasteiger partial charge in [0.15, 0.2) is 0 Å². The van der Waals surface area contributed by atoms with Gasteiger partial charge in [0.2, 0.25) is 11.8 Å². The Morgan fingerprint density at radius 1 is 1.23 bits per heavy atom. The number of carbonyl (C=O) groups excluding carboxylic acids is 3. The summed E-state index contributed by atoms with van der Waals surface area (Å²) in [5.41, 5.74) is 0.303. The van der Waals surface area contributed by atoms with Crippen molar-refractivity contribution in [3.8, 4) is 0 Å². The third-order valence-electron chi connectivity index (χ3n) is 2.77. The van der Waals surface area contributed by atoms with Crippen LogP contribution in [0.15, 0.2) is 24.3 Å². The second-order valence-corrected chi connectivity index (χ2v) is 5.54. The fraction of sp³-hybridized carbons (Fsp3) is 0.400. The van der Waals surface area contributed by atoms with Crippen LogP contribution in [-0.4, -0.2) is 48.8 Å². The number of likely N-dealkylation sites (N-methyl/N-ethyl adjacent to an activating group) is 1. The summed E-state index contributed by atoms with van der Waals surface area (Å²) in [5, 5.41) is 5.49. The number of nitrogens with zero attached hydrogens (tertiary/aromatic N) is 1. The summed E-state index contributed by atoms with van der Waals surface area (Å²) in [6, 6.07) is 6.58. The van der Waals surface area contributed by atoms with E-state index >= 15 is 0 Å². The van der Waals surface area contributed by atoms with Crippen molar-refractivity contribution in [1.29, 1.82) is 0 Å². The van der Waals surface area contributed by atoms with Gasteiger partial charge in [-0.25, -0.2) is 0 Å². The summed E-state index contributed by atoms with van der Waals surface area (Å²) < 4.78 is 0. The predicted octanol–water partition coefficient (Wildman–Crippen LogP) is 1.05. The van der Waals surface area contributed by atoms with E-state index in [-0.39, 0.29) is 30.9 Å². The monoisotopic (exact) mass is 325 g/mol. The Hall–Kier alpha value is -2.08. The number of hydrogen-bond acceptors (Lipinski definition) is 3. The minimum atomic E-state index is -0.431. The summed E-state index contributed by atoms with van der Waals surface area (Å²) >= 11 is 5.91. The minimum Gasteiger partial charge on any atom is -0.352 e. The maximum Gasteiger partial charge on any atom is 0.253 e. The van der Waals surface area contributed by atoms with Crippen molar-refractivity contribution in [1.82, 2.24) is 15.5 Å². The van der Waals surface area contributed by atoms with Gasteiger partial charge in [-0.15, -0.1) is 0 Å². The number of benzene rings is 1. The molecule has 6 nitrogen and oxygen atoms in total. The highest BCUT2D eigenvalue weighted by molar-refractivity contribution is 6.33. The van der Waals surface area contributed by atoms with Crippen molar-refractivity contribution in [2.45, 2.75) is 19.9 Å². The van der Waals surface area contributed by atoms with Gasteiger partial charge in [0.05, 0.1) is 23.7 Å². The zero-order valence-electron chi connectivity index (χ0n) is 12.9. The lowest BCUT2D eigenvalue weighted by atomic mass is 10.2. The molecule has 0 unspecified atom stereocenters. The molecule has 22 heavy (non-hydrogen) atoms. The van der Waals surface area contributed by atoms with Crippen LogP contribution in [-0.2, 0) is 9.59 Å². The standard InChI is InChI=1S/C15H20ClN3O3/c1-10(2)18-13(20)9-19(3)14(21)8-17-15(22)11-6-4-5-7-12(11)16/h4-7,10H,8-9H2,1-3H3,(H,17,22)(H,18,20). The molecule has 0 spiro atoms. The van der Waals surface area contributed by atoms with Crippen molar-refractivity contribution < 1.29 is 14.4 Å². The molecule has 1 rings (SSSR count). The molecule has 7 heteroatoms. The highest BCUT2D eigenvalue weighted by atomic mass is 35.5. The summed E-state index contributed by atoms with van der Waals surface area (Å²) in [6.45, 7) is 3.42. The van der Waals surface area contributed by atoms with Crippen molar-refractivity contribution in [2.75, 3.05) is 20.1 Å². The molecular weight excluding hydrogens is 306 g/mol. The SMILES string of the molecule is CC(C)NC(=O)CN(C)C(=O)CNC(=O)c1ccccc1Cl. The second kappa shape index (κ2) is 8.38. The van der Waals surface area contributed by atoms with Crippen LogP contribution >= 0.6 is 11.6 Å². The van der Waals surface area contributed by atoms with Crippen LogP contribution in [0.1, 0.15) is 24.2 Å². The smallest absolute Gasteiger partial charge is 0.253 e. The molecule has 120 valence electrons. The Morgan fingerprint density at radius 2 is 1.86 bits per heavy atom. The number of rotatable bonds is 6. The Kier molecular flexibility index (Phi) is 6.85. The number of nitrogens with one attached hydrogen (secondary N) is 2. The maximum absolute atomic E-state index is 11.9. The summed E-state index contributed by atoms with van der Waals surface area (Å²) in [4.78, 5) is 36.6. The molecule has 0 aromatic heterocycles.